The number of carbonyl (C=O) groups is 1. The third-order valence-corrected chi connectivity index (χ3v) is 4.03. The van der Waals surface area contributed by atoms with E-state index in [2.05, 4.69) is 15.5 Å². The molecule has 6 nitrogen and oxygen atoms in total. The highest BCUT2D eigenvalue weighted by Gasteiger charge is 2.26. The minimum atomic E-state index is -1.11. The van der Waals surface area contributed by atoms with E-state index in [0.717, 1.165) is 24.6 Å². The molecular weight excluding hydrogens is 270 g/mol. The number of nitrogens with one attached hydrogen (secondary N) is 1. The van der Waals surface area contributed by atoms with Crippen LogP contribution >= 0.6 is 0 Å². The fourth-order valence-electron chi connectivity index (χ4n) is 2.87. The van der Waals surface area contributed by atoms with E-state index >= 15 is 0 Å². The van der Waals surface area contributed by atoms with Crippen molar-refractivity contribution >= 4 is 22.6 Å². The van der Waals surface area contributed by atoms with Gasteiger partial charge < -0.3 is 15.5 Å². The van der Waals surface area contributed by atoms with Gasteiger partial charge in [0.2, 0.25) is 0 Å². The molecule has 6 heteroatoms. The minimum Gasteiger partial charge on any atom is -0.476 e. The first-order valence-electron chi connectivity index (χ1n) is 7.07. The molecule has 3 rings (SSSR count). The van der Waals surface area contributed by atoms with E-state index in [4.69, 9.17) is 0 Å². The second-order valence-electron chi connectivity index (χ2n) is 5.39. The molecule has 1 aromatic carbocycles. The number of aromatic nitrogens is 2. The maximum atomic E-state index is 11.3. The number of rotatable bonds is 4. The highest BCUT2D eigenvalue weighted by Crippen LogP contribution is 2.28. The predicted octanol–water partition coefficient (Wildman–Crippen LogP) is 1.90. The van der Waals surface area contributed by atoms with Gasteiger partial charge in [-0.25, -0.2) is 4.79 Å². The van der Waals surface area contributed by atoms with E-state index < -0.39 is 5.97 Å². The number of aromatic carboxylic acids is 1. The van der Waals surface area contributed by atoms with Crippen molar-refractivity contribution < 1.29 is 15.0 Å². The third-order valence-electron chi connectivity index (χ3n) is 4.03. The maximum absolute atomic E-state index is 11.3. The molecule has 2 unspecified atom stereocenters. The molecule has 1 fully saturated rings. The zero-order valence-corrected chi connectivity index (χ0v) is 11.5. The maximum Gasteiger partial charge on any atom is 0.358 e. The molecule has 3 N–H and O–H groups in total. The van der Waals surface area contributed by atoms with Crippen LogP contribution in [0.25, 0.3) is 10.9 Å². The van der Waals surface area contributed by atoms with Gasteiger partial charge in [-0.1, -0.05) is 24.6 Å². The fourth-order valence-corrected chi connectivity index (χ4v) is 2.87. The summed E-state index contributed by atoms with van der Waals surface area (Å²) >= 11 is 0. The zero-order valence-electron chi connectivity index (χ0n) is 11.5. The predicted molar refractivity (Wildman–Crippen MR) is 78.3 cm³/mol. The number of nitrogens with zero attached hydrogens (tertiary/aromatic N) is 2. The smallest absolute Gasteiger partial charge is 0.358 e. The van der Waals surface area contributed by atoms with Crippen molar-refractivity contribution in [2.24, 2.45) is 5.92 Å². The fraction of sp³-hybridized carbons (Fsp3) is 0.400. The second-order valence-corrected chi connectivity index (χ2v) is 5.39. The Kier molecular flexibility index (Phi) is 3.70. The summed E-state index contributed by atoms with van der Waals surface area (Å²) < 4.78 is 0. The van der Waals surface area contributed by atoms with Crippen LogP contribution in [0.1, 0.15) is 29.8 Å². The highest BCUT2D eigenvalue weighted by atomic mass is 16.4. The first kappa shape index (κ1) is 13.8. The van der Waals surface area contributed by atoms with E-state index in [9.17, 15) is 15.0 Å². The van der Waals surface area contributed by atoms with Crippen molar-refractivity contribution in [2.45, 2.75) is 25.4 Å². The number of anilines is 1. The van der Waals surface area contributed by atoms with Crippen molar-refractivity contribution in [2.75, 3.05) is 11.9 Å². The third kappa shape index (κ3) is 2.67. The second kappa shape index (κ2) is 5.65. The molecule has 0 spiro atoms. The van der Waals surface area contributed by atoms with Gasteiger partial charge in [-0.3, -0.25) is 0 Å². The van der Waals surface area contributed by atoms with Crippen LogP contribution in [0.3, 0.4) is 0 Å². The van der Waals surface area contributed by atoms with Gasteiger partial charge in [0.05, 0.1) is 17.3 Å². The largest absolute Gasteiger partial charge is 0.476 e. The van der Waals surface area contributed by atoms with Crippen molar-refractivity contribution in [3.63, 3.8) is 0 Å². The number of carboxylic acids is 1. The van der Waals surface area contributed by atoms with E-state index in [1.54, 1.807) is 6.07 Å². The van der Waals surface area contributed by atoms with Gasteiger partial charge in [0.1, 0.15) is 0 Å². The Morgan fingerprint density at radius 3 is 2.81 bits per heavy atom. The van der Waals surface area contributed by atoms with Gasteiger partial charge in [-0.15, -0.1) is 10.2 Å². The average Bonchev–Trinajstić information content (AvgIpc) is 2.89. The molecule has 1 saturated carbocycles. The van der Waals surface area contributed by atoms with Gasteiger partial charge in [0.15, 0.2) is 5.69 Å². The number of hydrogen-bond acceptors (Lipinski definition) is 5. The van der Waals surface area contributed by atoms with Gasteiger partial charge in [0.25, 0.3) is 0 Å². The summed E-state index contributed by atoms with van der Waals surface area (Å²) in [7, 11) is 0. The van der Waals surface area contributed by atoms with Crippen molar-refractivity contribution in [1.29, 1.82) is 0 Å². The molecule has 2 aromatic rings. The lowest BCUT2D eigenvalue weighted by molar-refractivity contribution is 0.0690. The lowest BCUT2D eigenvalue weighted by Crippen LogP contribution is -2.23. The molecule has 0 amide bonds. The molecule has 1 aliphatic carbocycles. The van der Waals surface area contributed by atoms with Crippen LogP contribution in [0.2, 0.25) is 0 Å². The van der Waals surface area contributed by atoms with Crippen LogP contribution in [-0.4, -0.2) is 39.0 Å². The number of aliphatic hydroxyl groups is 1. The molecule has 0 saturated heterocycles. The SMILES string of the molecule is O=C(O)c1nnc2ccccc2c1NCC1CCCC1O. The minimum absolute atomic E-state index is 0.0822. The van der Waals surface area contributed by atoms with Crippen LogP contribution < -0.4 is 5.32 Å². The number of aliphatic hydroxyl groups excluding tert-OH is 1. The summed E-state index contributed by atoms with van der Waals surface area (Å²) in [5.41, 5.74) is 1.05. The van der Waals surface area contributed by atoms with Crippen molar-refractivity contribution in [1.82, 2.24) is 10.2 Å². The van der Waals surface area contributed by atoms with E-state index in [1.165, 1.54) is 0 Å². The average molecular weight is 287 g/mol. The Morgan fingerprint density at radius 2 is 2.10 bits per heavy atom. The van der Waals surface area contributed by atoms with E-state index in [1.807, 2.05) is 18.2 Å². The summed E-state index contributed by atoms with van der Waals surface area (Å²) in [6.45, 7) is 0.539. The summed E-state index contributed by atoms with van der Waals surface area (Å²) in [5.74, 6) is -0.957. The molecule has 1 heterocycles. The van der Waals surface area contributed by atoms with Gasteiger partial charge in [-0.2, -0.15) is 0 Å². The molecular formula is C15H17N3O3. The molecule has 0 aliphatic heterocycles. The van der Waals surface area contributed by atoms with Crippen molar-refractivity contribution in [3.8, 4) is 0 Å². The monoisotopic (exact) mass is 287 g/mol. The van der Waals surface area contributed by atoms with Crippen molar-refractivity contribution in [3.05, 3.63) is 30.0 Å². The number of carboxylic acid groups (broad SMARTS) is 1. The first-order valence-corrected chi connectivity index (χ1v) is 7.07. The standard InChI is InChI=1S/C15H17N3O3/c19-12-7-3-4-9(12)8-16-13-10-5-1-2-6-11(10)17-18-14(13)15(20)21/h1-2,5-6,9,12,19H,3-4,7-8H2,(H,16,17)(H,20,21). The van der Waals surface area contributed by atoms with Gasteiger partial charge in [0, 0.05) is 17.8 Å². The number of fused-ring (bicyclic) bond motifs is 1. The lowest BCUT2D eigenvalue weighted by Gasteiger charge is -2.17. The van der Waals surface area contributed by atoms with E-state index in [-0.39, 0.29) is 17.7 Å². The molecule has 0 bridgehead atoms. The topological polar surface area (TPSA) is 95.3 Å². The Hall–Kier alpha value is -2.21. The number of benzene rings is 1. The molecule has 1 aliphatic rings. The summed E-state index contributed by atoms with van der Waals surface area (Å²) in [6, 6.07) is 7.29. The van der Waals surface area contributed by atoms with Gasteiger partial charge >= 0.3 is 5.97 Å². The Labute approximate surface area is 121 Å². The summed E-state index contributed by atoms with van der Waals surface area (Å²) in [6.07, 6.45) is 2.46. The van der Waals surface area contributed by atoms with E-state index in [0.29, 0.717) is 17.7 Å². The first-order chi connectivity index (χ1) is 10.2. The van der Waals surface area contributed by atoms with Crippen LogP contribution in [-0.2, 0) is 0 Å². The van der Waals surface area contributed by atoms with Crippen LogP contribution in [0.15, 0.2) is 24.3 Å². The summed E-state index contributed by atoms with van der Waals surface area (Å²) in [5, 5.41) is 30.8. The Balaban J connectivity index is 1.94. The molecule has 2 atom stereocenters. The normalized spacial score (nSPS) is 21.6. The molecule has 0 radical (unpaired) electrons. The summed E-state index contributed by atoms with van der Waals surface area (Å²) in [4.78, 5) is 11.3. The Morgan fingerprint density at radius 1 is 1.29 bits per heavy atom. The molecule has 21 heavy (non-hydrogen) atoms. The lowest BCUT2D eigenvalue weighted by atomic mass is 10.1. The zero-order chi connectivity index (χ0) is 14.8. The van der Waals surface area contributed by atoms with Crippen LogP contribution in [0, 0.1) is 5.92 Å². The van der Waals surface area contributed by atoms with Crippen LogP contribution in [0.4, 0.5) is 5.69 Å². The van der Waals surface area contributed by atoms with Gasteiger partial charge in [-0.05, 0) is 18.9 Å². The highest BCUT2D eigenvalue weighted by molar-refractivity contribution is 6.02. The Bertz CT molecular complexity index is 674. The quantitative estimate of drug-likeness (QED) is 0.795. The molecule has 110 valence electrons. The number of hydrogen-bond donors (Lipinski definition) is 3. The molecule has 1 aromatic heterocycles. The van der Waals surface area contributed by atoms with Crippen LogP contribution in [0.5, 0.6) is 0 Å².